The molecule has 0 amide bonds. The molecule has 142 valence electrons. The van der Waals surface area contributed by atoms with Crippen LogP contribution in [-0.2, 0) is 9.53 Å². The quantitative estimate of drug-likeness (QED) is 0.392. The van der Waals surface area contributed by atoms with E-state index in [0.29, 0.717) is 32.7 Å². The van der Waals surface area contributed by atoms with E-state index < -0.39 is 5.97 Å². The number of carbonyl (C=O) groups excluding carboxylic acids is 1. The molecule has 0 atom stereocenters. The summed E-state index contributed by atoms with van der Waals surface area (Å²) < 4.78 is 6.00. The lowest BCUT2D eigenvalue weighted by Crippen LogP contribution is -2.22. The first-order chi connectivity index (χ1) is 12.3. The Hall–Kier alpha value is -1.34. The largest absolute Gasteiger partial charge is 0.462 e. The van der Waals surface area contributed by atoms with Crippen LogP contribution in [0.15, 0.2) is 17.8 Å². The van der Waals surface area contributed by atoms with Crippen LogP contribution in [-0.4, -0.2) is 49.6 Å². The molecule has 0 unspecified atom stereocenters. The van der Waals surface area contributed by atoms with E-state index in [2.05, 4.69) is 15.2 Å². The van der Waals surface area contributed by atoms with Crippen molar-refractivity contribution in [2.24, 2.45) is 0 Å². The Morgan fingerprint density at radius 1 is 1.35 bits per heavy atom. The van der Waals surface area contributed by atoms with Crippen molar-refractivity contribution in [3.63, 3.8) is 0 Å². The van der Waals surface area contributed by atoms with Crippen LogP contribution in [0.2, 0.25) is 10.0 Å². The summed E-state index contributed by atoms with van der Waals surface area (Å²) in [6, 6.07) is 3.50. The van der Waals surface area contributed by atoms with E-state index in [0.717, 1.165) is 29.9 Å². The number of ether oxygens (including phenoxy) is 1. The molecule has 1 aromatic heterocycles. The Kier molecular flexibility index (Phi) is 7.70. The molecule has 0 spiro atoms. The Morgan fingerprint density at radius 2 is 2.08 bits per heavy atom. The number of aromatic nitrogens is 1. The van der Waals surface area contributed by atoms with Crippen LogP contribution >= 0.6 is 34.5 Å². The zero-order chi connectivity index (χ0) is 19.3. The van der Waals surface area contributed by atoms with Gasteiger partial charge in [-0.25, -0.2) is 9.78 Å². The lowest BCUT2D eigenvalue weighted by molar-refractivity contribution is -0.136. The fraction of sp³-hybridized carbons (Fsp3) is 0.444. The minimum absolute atomic E-state index is 0.299. The Labute approximate surface area is 167 Å². The molecule has 5 nitrogen and oxygen atoms in total. The van der Waals surface area contributed by atoms with Crippen molar-refractivity contribution in [1.82, 2.24) is 15.2 Å². The number of thiazole rings is 1. The van der Waals surface area contributed by atoms with E-state index in [9.17, 15) is 4.79 Å². The zero-order valence-corrected chi connectivity index (χ0v) is 17.7. The number of esters is 1. The van der Waals surface area contributed by atoms with Crippen molar-refractivity contribution in [3.8, 4) is 0 Å². The van der Waals surface area contributed by atoms with Gasteiger partial charge in [-0.15, -0.1) is 11.3 Å². The van der Waals surface area contributed by atoms with Crippen LogP contribution < -0.4 is 5.32 Å². The fourth-order valence-electron chi connectivity index (χ4n) is 2.41. The van der Waals surface area contributed by atoms with Crippen LogP contribution in [0.5, 0.6) is 0 Å². The number of hydrogen-bond acceptors (Lipinski definition) is 6. The number of allylic oxidation sites excluding steroid dienone is 1. The Balaban J connectivity index is 2.36. The van der Waals surface area contributed by atoms with Gasteiger partial charge in [0.1, 0.15) is 10.6 Å². The molecule has 0 radical (unpaired) electrons. The van der Waals surface area contributed by atoms with Crippen molar-refractivity contribution < 1.29 is 9.53 Å². The van der Waals surface area contributed by atoms with E-state index in [1.807, 2.05) is 21.0 Å². The molecule has 0 bridgehead atoms. The number of carbonyl (C=O) groups is 1. The van der Waals surface area contributed by atoms with E-state index >= 15 is 0 Å². The van der Waals surface area contributed by atoms with Crippen LogP contribution in [0.25, 0.3) is 15.8 Å². The van der Waals surface area contributed by atoms with Gasteiger partial charge in [0.2, 0.25) is 0 Å². The number of nitrogens with zero attached hydrogens (tertiary/aromatic N) is 2. The molecule has 2 rings (SSSR count). The molecule has 0 fully saturated rings. The molecule has 0 aliphatic heterocycles. The standard InChI is InChI=1S/C18H23Cl2N3O2S/c1-5-25-18(24)14(11(2)21-9-6-10-23(3)4)17-22-13-8-7-12(19)15(20)16(13)26-17/h7-8,21H,5-6,9-10H2,1-4H3. The average Bonchev–Trinajstić information content (AvgIpc) is 3.00. The molecular formula is C18H23Cl2N3O2S. The lowest BCUT2D eigenvalue weighted by atomic mass is 10.2. The number of fused-ring (bicyclic) bond motifs is 1. The van der Waals surface area contributed by atoms with E-state index in [-0.39, 0.29) is 0 Å². The molecule has 1 aromatic carbocycles. The summed E-state index contributed by atoms with van der Waals surface area (Å²) in [4.78, 5) is 19.2. The van der Waals surface area contributed by atoms with Gasteiger partial charge in [-0.3, -0.25) is 0 Å². The smallest absolute Gasteiger partial charge is 0.342 e. The van der Waals surface area contributed by atoms with E-state index in [1.165, 1.54) is 11.3 Å². The highest BCUT2D eigenvalue weighted by Gasteiger charge is 2.22. The third kappa shape index (κ3) is 5.10. The molecule has 8 heteroatoms. The fourth-order valence-corrected chi connectivity index (χ4v) is 3.99. The first kappa shape index (κ1) is 21.0. The highest BCUT2D eigenvalue weighted by molar-refractivity contribution is 7.20. The van der Waals surface area contributed by atoms with E-state index in [1.54, 1.807) is 19.1 Å². The van der Waals surface area contributed by atoms with Gasteiger partial charge in [0.25, 0.3) is 0 Å². The zero-order valence-electron chi connectivity index (χ0n) is 15.4. The molecule has 26 heavy (non-hydrogen) atoms. The van der Waals surface area contributed by atoms with Crippen molar-refractivity contribution >= 4 is 56.3 Å². The summed E-state index contributed by atoms with van der Waals surface area (Å²) in [7, 11) is 4.06. The van der Waals surface area contributed by atoms with Crippen LogP contribution in [0.3, 0.4) is 0 Å². The Morgan fingerprint density at radius 3 is 2.73 bits per heavy atom. The van der Waals surface area contributed by atoms with Crippen molar-refractivity contribution in [1.29, 1.82) is 0 Å². The second kappa shape index (κ2) is 9.55. The molecule has 1 heterocycles. The van der Waals surface area contributed by atoms with Gasteiger partial charge in [-0.1, -0.05) is 23.2 Å². The number of nitrogens with one attached hydrogen (secondary N) is 1. The SMILES string of the molecule is CCOC(=O)C(=C(C)NCCCN(C)C)c1nc2ccc(Cl)c(Cl)c2s1. The molecule has 0 saturated carbocycles. The van der Waals surface area contributed by atoms with E-state index in [4.69, 9.17) is 27.9 Å². The maximum atomic E-state index is 12.5. The minimum atomic E-state index is -0.397. The number of hydrogen-bond donors (Lipinski definition) is 1. The predicted octanol–water partition coefficient (Wildman–Crippen LogP) is 4.44. The summed E-state index contributed by atoms with van der Waals surface area (Å²) >= 11 is 13.7. The summed E-state index contributed by atoms with van der Waals surface area (Å²) in [6.07, 6.45) is 0.960. The Bertz CT molecular complexity index is 818. The minimum Gasteiger partial charge on any atom is -0.462 e. The summed E-state index contributed by atoms with van der Waals surface area (Å²) in [6.45, 7) is 5.66. The first-order valence-electron chi connectivity index (χ1n) is 8.36. The molecular weight excluding hydrogens is 393 g/mol. The second-order valence-corrected chi connectivity index (χ2v) is 7.82. The first-order valence-corrected chi connectivity index (χ1v) is 9.93. The lowest BCUT2D eigenvalue weighted by Gasteiger charge is -2.13. The monoisotopic (exact) mass is 415 g/mol. The van der Waals surface area contributed by atoms with Crippen LogP contribution in [0.4, 0.5) is 0 Å². The summed E-state index contributed by atoms with van der Waals surface area (Å²) in [5.74, 6) is -0.397. The highest BCUT2D eigenvalue weighted by atomic mass is 35.5. The third-order valence-electron chi connectivity index (χ3n) is 3.69. The maximum Gasteiger partial charge on any atom is 0.342 e. The molecule has 0 aliphatic carbocycles. The van der Waals surface area contributed by atoms with Gasteiger partial charge in [0.05, 0.1) is 26.9 Å². The molecule has 0 aliphatic rings. The van der Waals surface area contributed by atoms with Gasteiger partial charge in [0.15, 0.2) is 0 Å². The summed E-state index contributed by atoms with van der Waals surface area (Å²) in [5.41, 5.74) is 1.88. The molecule has 1 N–H and O–H groups in total. The van der Waals surface area contributed by atoms with Gasteiger partial charge >= 0.3 is 5.97 Å². The maximum absolute atomic E-state index is 12.5. The van der Waals surface area contributed by atoms with Crippen molar-refractivity contribution in [2.45, 2.75) is 20.3 Å². The van der Waals surface area contributed by atoms with Crippen molar-refractivity contribution in [2.75, 3.05) is 33.8 Å². The third-order valence-corrected chi connectivity index (χ3v) is 5.71. The number of benzene rings is 1. The molecule has 2 aromatic rings. The summed E-state index contributed by atoms with van der Waals surface area (Å²) in [5, 5.41) is 4.79. The average molecular weight is 416 g/mol. The second-order valence-electron chi connectivity index (χ2n) is 6.03. The number of rotatable bonds is 8. The van der Waals surface area contributed by atoms with Crippen LogP contribution in [0.1, 0.15) is 25.3 Å². The van der Waals surface area contributed by atoms with Gasteiger partial charge in [-0.05, 0) is 53.0 Å². The van der Waals surface area contributed by atoms with Crippen LogP contribution in [0, 0.1) is 0 Å². The van der Waals surface area contributed by atoms with Gasteiger partial charge < -0.3 is 15.0 Å². The van der Waals surface area contributed by atoms with Gasteiger partial charge in [0, 0.05) is 12.2 Å². The topological polar surface area (TPSA) is 54.5 Å². The molecule has 0 saturated heterocycles. The highest BCUT2D eigenvalue weighted by Crippen LogP contribution is 2.37. The van der Waals surface area contributed by atoms with Gasteiger partial charge in [-0.2, -0.15) is 0 Å². The van der Waals surface area contributed by atoms with Crippen molar-refractivity contribution in [3.05, 3.63) is 32.9 Å². The number of halogens is 2. The normalized spacial score (nSPS) is 12.4. The predicted molar refractivity (Wildman–Crippen MR) is 110 cm³/mol.